The molecule has 3 atom stereocenters. The molecule has 3 unspecified atom stereocenters. The smallest absolute Gasteiger partial charge is 0.241 e. The first kappa shape index (κ1) is 22.2. The number of carbonyl (C=O) groups is 4. The second-order valence-corrected chi connectivity index (χ2v) is 8.94. The van der Waals surface area contributed by atoms with E-state index in [1.165, 1.54) is 20.3 Å². The molecule has 2 saturated heterocycles. The van der Waals surface area contributed by atoms with Crippen LogP contribution in [0.15, 0.2) is 72.8 Å². The fourth-order valence-corrected chi connectivity index (χ4v) is 5.68. The lowest BCUT2D eigenvalue weighted by atomic mass is 9.77. The topological polar surface area (TPSA) is 99.2 Å². The predicted molar refractivity (Wildman–Crippen MR) is 127 cm³/mol. The molecule has 2 amide bonds. The maximum Gasteiger partial charge on any atom is 0.241 e. The van der Waals surface area contributed by atoms with Crippen LogP contribution in [0.5, 0.6) is 11.5 Å². The Balaban J connectivity index is 1.52. The number of rotatable bonds is 4. The maximum absolute atomic E-state index is 14.0. The Morgan fingerprint density at radius 2 is 1.36 bits per heavy atom. The molecule has 3 aromatic carbocycles. The van der Waals surface area contributed by atoms with E-state index in [2.05, 4.69) is 0 Å². The van der Waals surface area contributed by atoms with Gasteiger partial charge in [-0.25, -0.2) is 4.90 Å². The number of imide groups is 1. The molecule has 36 heavy (non-hydrogen) atoms. The van der Waals surface area contributed by atoms with Gasteiger partial charge in [0.25, 0.3) is 0 Å². The molecule has 3 aliphatic rings. The van der Waals surface area contributed by atoms with Crippen LogP contribution in [0.4, 0.5) is 5.69 Å². The highest BCUT2D eigenvalue weighted by atomic mass is 16.5. The van der Waals surface area contributed by atoms with Crippen molar-refractivity contribution in [3.05, 3.63) is 89.5 Å². The van der Waals surface area contributed by atoms with E-state index in [9.17, 15) is 19.2 Å². The number of Topliss-reactive ketones (excluding diaryl/α,β-unsaturated/α-hetero) is 2. The zero-order valence-corrected chi connectivity index (χ0v) is 19.5. The van der Waals surface area contributed by atoms with Crippen molar-refractivity contribution in [2.45, 2.75) is 11.7 Å². The van der Waals surface area contributed by atoms with Gasteiger partial charge in [-0.3, -0.25) is 19.2 Å². The van der Waals surface area contributed by atoms with Gasteiger partial charge in [0, 0.05) is 17.2 Å². The highest BCUT2D eigenvalue weighted by molar-refractivity contribution is 6.37. The van der Waals surface area contributed by atoms with Crippen molar-refractivity contribution in [2.24, 2.45) is 11.8 Å². The number of amides is 2. The lowest BCUT2D eigenvalue weighted by molar-refractivity contribution is -0.127. The summed E-state index contributed by atoms with van der Waals surface area (Å²) in [5.41, 5.74) is -0.849. The van der Waals surface area contributed by atoms with Crippen LogP contribution in [0, 0.1) is 11.8 Å². The summed E-state index contributed by atoms with van der Waals surface area (Å²) in [5, 5.41) is 0. The third-order valence-corrected chi connectivity index (χ3v) is 7.27. The van der Waals surface area contributed by atoms with Crippen LogP contribution in [-0.2, 0) is 14.3 Å². The van der Waals surface area contributed by atoms with Gasteiger partial charge in [0.1, 0.15) is 0 Å². The van der Waals surface area contributed by atoms with Crippen LogP contribution in [0.2, 0.25) is 0 Å². The van der Waals surface area contributed by atoms with Gasteiger partial charge < -0.3 is 14.2 Å². The molecule has 1 spiro atoms. The lowest BCUT2D eigenvalue weighted by Gasteiger charge is -2.27. The minimum atomic E-state index is -2.10. The molecule has 6 rings (SSSR count). The molecule has 3 aromatic rings. The quantitative estimate of drug-likeness (QED) is 0.414. The average molecular weight is 483 g/mol. The number of fused-ring (bicyclic) bond motifs is 3. The number of hydrogen-bond acceptors (Lipinski definition) is 7. The van der Waals surface area contributed by atoms with Crippen molar-refractivity contribution in [3.8, 4) is 11.5 Å². The number of hydrogen-bond donors (Lipinski definition) is 0. The van der Waals surface area contributed by atoms with E-state index in [0.29, 0.717) is 17.1 Å². The van der Waals surface area contributed by atoms with Gasteiger partial charge in [-0.1, -0.05) is 54.6 Å². The predicted octanol–water partition coefficient (Wildman–Crippen LogP) is 3.40. The number of carbonyl (C=O) groups excluding carboxylic acids is 4. The summed E-state index contributed by atoms with van der Waals surface area (Å²) >= 11 is 0. The third kappa shape index (κ3) is 2.73. The normalized spacial score (nSPS) is 23.8. The number of nitrogens with zero attached hydrogens (tertiary/aromatic N) is 1. The summed E-state index contributed by atoms with van der Waals surface area (Å²) in [6.45, 7) is 0. The molecule has 1 aliphatic carbocycles. The van der Waals surface area contributed by atoms with Crippen molar-refractivity contribution in [3.63, 3.8) is 0 Å². The fourth-order valence-electron chi connectivity index (χ4n) is 5.68. The molecule has 0 bridgehead atoms. The Morgan fingerprint density at radius 3 is 1.97 bits per heavy atom. The second kappa shape index (κ2) is 7.86. The zero-order valence-electron chi connectivity index (χ0n) is 19.5. The largest absolute Gasteiger partial charge is 0.493 e. The molecule has 2 fully saturated rings. The molecule has 8 heteroatoms. The molecule has 2 aliphatic heterocycles. The van der Waals surface area contributed by atoms with Gasteiger partial charge in [-0.2, -0.15) is 0 Å². The summed E-state index contributed by atoms with van der Waals surface area (Å²) in [7, 11) is 2.93. The Morgan fingerprint density at radius 1 is 0.750 bits per heavy atom. The highest BCUT2D eigenvalue weighted by Crippen LogP contribution is 2.57. The van der Waals surface area contributed by atoms with Crippen LogP contribution in [0.3, 0.4) is 0 Å². The SMILES string of the molecule is COc1ccc(N2C(=O)C3C(c4ccccc4)OC4(C(=O)c5ccccc5C4=O)C3C2=O)cc1OC. The maximum atomic E-state index is 14.0. The Kier molecular flexibility index (Phi) is 4.84. The van der Waals surface area contributed by atoms with Crippen LogP contribution in [-0.4, -0.2) is 43.2 Å². The minimum Gasteiger partial charge on any atom is -0.493 e. The molecule has 0 radical (unpaired) electrons. The third-order valence-electron chi connectivity index (χ3n) is 7.27. The first-order chi connectivity index (χ1) is 17.4. The van der Waals surface area contributed by atoms with Gasteiger partial charge in [-0.15, -0.1) is 0 Å². The van der Waals surface area contributed by atoms with Gasteiger partial charge in [0.05, 0.1) is 37.8 Å². The van der Waals surface area contributed by atoms with Crippen LogP contribution < -0.4 is 14.4 Å². The van der Waals surface area contributed by atoms with E-state index < -0.39 is 46.9 Å². The molecule has 8 nitrogen and oxygen atoms in total. The molecule has 180 valence electrons. The van der Waals surface area contributed by atoms with Gasteiger partial charge >= 0.3 is 0 Å². The van der Waals surface area contributed by atoms with Gasteiger partial charge in [0.2, 0.25) is 29.0 Å². The van der Waals surface area contributed by atoms with Crippen molar-refractivity contribution >= 4 is 29.1 Å². The molecular weight excluding hydrogens is 462 g/mol. The summed E-state index contributed by atoms with van der Waals surface area (Å²) in [5.74, 6) is -3.99. The Hall–Kier alpha value is -4.30. The summed E-state index contributed by atoms with van der Waals surface area (Å²) in [6.07, 6.45) is -0.958. The zero-order chi connectivity index (χ0) is 25.2. The van der Waals surface area contributed by atoms with Crippen molar-refractivity contribution < 1.29 is 33.4 Å². The monoisotopic (exact) mass is 483 g/mol. The van der Waals surface area contributed by atoms with E-state index >= 15 is 0 Å². The van der Waals surface area contributed by atoms with Gasteiger partial charge in [-0.05, 0) is 17.7 Å². The van der Waals surface area contributed by atoms with E-state index in [1.54, 1.807) is 60.7 Å². The number of anilines is 1. The summed E-state index contributed by atoms with van der Waals surface area (Å²) in [4.78, 5) is 56.4. The molecule has 0 saturated carbocycles. The van der Waals surface area contributed by atoms with Crippen molar-refractivity contribution in [1.29, 1.82) is 0 Å². The van der Waals surface area contributed by atoms with Crippen molar-refractivity contribution in [1.82, 2.24) is 0 Å². The van der Waals surface area contributed by atoms with Gasteiger partial charge in [0.15, 0.2) is 11.5 Å². The number of methoxy groups -OCH3 is 2. The number of ketones is 2. The van der Waals surface area contributed by atoms with E-state index in [4.69, 9.17) is 14.2 Å². The molecule has 0 aromatic heterocycles. The molecule has 0 N–H and O–H groups in total. The number of benzene rings is 3. The lowest BCUT2D eigenvalue weighted by Crippen LogP contribution is -2.51. The standard InChI is InChI=1S/C28H21NO7/c1-34-19-13-12-16(14-20(19)35-2)29-26(32)21-22(27(29)33)28(36-23(21)15-8-4-3-5-9-15)24(30)17-10-6-7-11-18(17)25(28)31/h3-14,21-23H,1-2H3. The molecule has 2 heterocycles. The van der Waals surface area contributed by atoms with Crippen LogP contribution in [0.1, 0.15) is 32.4 Å². The first-order valence-electron chi connectivity index (χ1n) is 11.4. The van der Waals surface area contributed by atoms with E-state index in [0.717, 1.165) is 4.90 Å². The Labute approximate surface area is 206 Å². The van der Waals surface area contributed by atoms with E-state index in [1.807, 2.05) is 6.07 Å². The van der Waals surface area contributed by atoms with E-state index in [-0.39, 0.29) is 16.8 Å². The number of ether oxygens (including phenoxy) is 3. The van der Waals surface area contributed by atoms with Crippen LogP contribution in [0.25, 0.3) is 0 Å². The fraction of sp³-hybridized carbons (Fsp3) is 0.214. The second-order valence-electron chi connectivity index (χ2n) is 8.94. The Bertz CT molecular complexity index is 1410. The molecular formula is C28H21NO7. The summed E-state index contributed by atoms with van der Waals surface area (Å²) in [6, 6.07) is 20.0. The minimum absolute atomic E-state index is 0.194. The highest BCUT2D eigenvalue weighted by Gasteiger charge is 2.74. The first-order valence-corrected chi connectivity index (χ1v) is 11.4. The van der Waals surface area contributed by atoms with Crippen molar-refractivity contribution in [2.75, 3.05) is 19.1 Å². The summed E-state index contributed by atoms with van der Waals surface area (Å²) < 4.78 is 16.9. The average Bonchev–Trinajstić information content (AvgIpc) is 3.48. The van der Waals surface area contributed by atoms with Crippen LogP contribution >= 0.6 is 0 Å².